The number of likely N-dealkylation sites (tertiary alicyclic amines) is 1. The van der Waals surface area contributed by atoms with Crippen molar-refractivity contribution in [3.63, 3.8) is 0 Å². The fraction of sp³-hybridized carbons (Fsp3) is 0.541. The highest BCUT2D eigenvalue weighted by molar-refractivity contribution is 7.89. The normalized spacial score (nSPS) is 22.4. The molecule has 0 N–H and O–H groups in total. The Morgan fingerprint density at radius 2 is 1.60 bits per heavy atom. The number of piperazine rings is 1. The molecule has 6 rings (SSSR count). The first kappa shape index (κ1) is 35.0. The number of aromatic nitrogens is 2. The van der Waals surface area contributed by atoms with Crippen molar-refractivity contribution in [3.05, 3.63) is 88.5 Å². The maximum atomic E-state index is 13.5. The molecular formula is C37H49ClN6O3S. The summed E-state index contributed by atoms with van der Waals surface area (Å²) in [6, 6.07) is 18.0. The lowest BCUT2D eigenvalue weighted by Gasteiger charge is -2.54. The van der Waals surface area contributed by atoms with Crippen molar-refractivity contribution in [2.75, 3.05) is 45.8 Å². The van der Waals surface area contributed by atoms with Crippen LogP contribution in [-0.2, 0) is 16.4 Å². The fourth-order valence-electron chi connectivity index (χ4n) is 8.21. The van der Waals surface area contributed by atoms with Gasteiger partial charge in [-0.05, 0) is 89.5 Å². The van der Waals surface area contributed by atoms with Crippen molar-refractivity contribution >= 4 is 27.5 Å². The van der Waals surface area contributed by atoms with Crippen LogP contribution in [0.3, 0.4) is 0 Å². The summed E-state index contributed by atoms with van der Waals surface area (Å²) in [5, 5.41) is 0.433. The van der Waals surface area contributed by atoms with E-state index in [9.17, 15) is 13.2 Å². The van der Waals surface area contributed by atoms with Crippen LogP contribution in [0.4, 0.5) is 0 Å². The summed E-state index contributed by atoms with van der Waals surface area (Å²) in [7, 11) is -3.59. The van der Waals surface area contributed by atoms with Gasteiger partial charge in [-0.3, -0.25) is 14.6 Å². The summed E-state index contributed by atoms with van der Waals surface area (Å²) in [4.78, 5) is 29.6. The van der Waals surface area contributed by atoms with Gasteiger partial charge in [-0.1, -0.05) is 48.0 Å². The third-order valence-corrected chi connectivity index (χ3v) is 13.3. The first-order chi connectivity index (χ1) is 23.0. The summed E-state index contributed by atoms with van der Waals surface area (Å²) >= 11 is 6.14. The van der Waals surface area contributed by atoms with Gasteiger partial charge in [0.25, 0.3) is 5.91 Å². The van der Waals surface area contributed by atoms with Gasteiger partial charge in [0.15, 0.2) is 0 Å². The maximum Gasteiger partial charge on any atom is 0.257 e. The number of hydrogen-bond donors (Lipinski definition) is 0. The van der Waals surface area contributed by atoms with Crippen molar-refractivity contribution in [1.82, 2.24) is 29.0 Å². The van der Waals surface area contributed by atoms with Gasteiger partial charge < -0.3 is 4.90 Å². The van der Waals surface area contributed by atoms with E-state index in [1.54, 1.807) is 28.6 Å². The second-order valence-corrected chi connectivity index (χ2v) is 16.6. The predicted octanol–water partition coefficient (Wildman–Crippen LogP) is 5.46. The Labute approximate surface area is 291 Å². The smallest absolute Gasteiger partial charge is 0.257 e. The Hall–Kier alpha value is -2.89. The molecule has 4 heterocycles. The Morgan fingerprint density at radius 3 is 2.23 bits per heavy atom. The molecule has 258 valence electrons. The van der Waals surface area contributed by atoms with Crippen LogP contribution in [0.25, 0.3) is 0 Å². The Bertz CT molecular complexity index is 1670. The van der Waals surface area contributed by atoms with Crippen molar-refractivity contribution < 1.29 is 13.2 Å². The number of carbonyl (C=O) groups is 1. The van der Waals surface area contributed by atoms with Crippen LogP contribution in [-0.4, -0.2) is 107 Å². The number of aryl methyl sites for hydroxylation is 2. The molecular weight excluding hydrogens is 644 g/mol. The van der Waals surface area contributed by atoms with Crippen LogP contribution in [0.5, 0.6) is 0 Å². The molecule has 0 bridgehead atoms. The number of amides is 1. The molecule has 0 unspecified atom stereocenters. The number of carbonyl (C=O) groups excluding carboxylic acids is 1. The monoisotopic (exact) mass is 692 g/mol. The summed E-state index contributed by atoms with van der Waals surface area (Å²) in [6.07, 6.45) is 6.01. The number of nitrogens with zero attached hydrogens (tertiary/aromatic N) is 6. The van der Waals surface area contributed by atoms with Gasteiger partial charge in [0, 0.05) is 68.5 Å². The van der Waals surface area contributed by atoms with Gasteiger partial charge in [0.1, 0.15) is 6.33 Å². The number of benzene rings is 2. The second-order valence-electron chi connectivity index (χ2n) is 14.2. The van der Waals surface area contributed by atoms with E-state index in [4.69, 9.17) is 11.6 Å². The highest BCUT2D eigenvalue weighted by Gasteiger charge is 2.43. The number of piperidine rings is 2. The quantitative estimate of drug-likeness (QED) is 0.310. The van der Waals surface area contributed by atoms with Crippen molar-refractivity contribution in [1.29, 1.82) is 0 Å². The second kappa shape index (κ2) is 14.5. The average molecular weight is 693 g/mol. The van der Waals surface area contributed by atoms with E-state index < -0.39 is 10.0 Å². The summed E-state index contributed by atoms with van der Waals surface area (Å²) in [5.74, 6) is 0.435. The summed E-state index contributed by atoms with van der Waals surface area (Å²) in [5.41, 5.74) is 3.47. The molecule has 1 aromatic heterocycles. The third kappa shape index (κ3) is 7.33. The van der Waals surface area contributed by atoms with E-state index in [0.29, 0.717) is 41.7 Å². The van der Waals surface area contributed by atoms with E-state index in [0.717, 1.165) is 76.2 Å². The maximum absolute atomic E-state index is 13.5. The molecule has 3 fully saturated rings. The molecule has 0 spiro atoms. The largest absolute Gasteiger partial charge is 0.338 e. The molecule has 9 nitrogen and oxygen atoms in total. The molecule has 3 aromatic rings. The Kier molecular flexibility index (Phi) is 10.6. The zero-order chi connectivity index (χ0) is 34.1. The third-order valence-electron chi connectivity index (χ3n) is 11.2. The van der Waals surface area contributed by atoms with Crippen molar-refractivity contribution in [2.24, 2.45) is 5.92 Å². The minimum absolute atomic E-state index is 0.0311. The molecule has 0 radical (unpaired) electrons. The molecule has 1 amide bonds. The minimum Gasteiger partial charge on any atom is -0.338 e. The van der Waals surface area contributed by atoms with Crippen LogP contribution in [0.2, 0.25) is 5.02 Å². The standard InChI is InChI=1S/C37H49ClN6O3S/c1-27-25-42(37(4)15-19-41(20-16-37)36(45)35-28(2)39-26-40-29(35)3)21-22-44(27)34(23-30-9-6-5-7-10-30)31-13-17-43(18-14-31)48(46,47)33-12-8-11-32(38)24-33/h5-12,24,26-27,31,34H,13-23,25H2,1-4H3/t27-,34-/m0/s1. The fourth-order valence-corrected chi connectivity index (χ4v) is 9.98. The lowest BCUT2D eigenvalue weighted by molar-refractivity contribution is -0.0412. The lowest BCUT2D eigenvalue weighted by atomic mass is 9.83. The van der Waals surface area contributed by atoms with Gasteiger partial charge in [-0.15, -0.1) is 0 Å². The molecule has 11 heteroatoms. The highest BCUT2D eigenvalue weighted by Crippen LogP contribution is 2.35. The number of hydrogen-bond acceptors (Lipinski definition) is 7. The molecule has 48 heavy (non-hydrogen) atoms. The molecule has 3 aliphatic rings. The van der Waals surface area contributed by atoms with Crippen LogP contribution >= 0.6 is 11.6 Å². The van der Waals surface area contributed by atoms with Crippen molar-refractivity contribution in [3.8, 4) is 0 Å². The number of halogens is 1. The SMILES string of the molecule is Cc1ncnc(C)c1C(=O)N1CCC(C)(N2CCN([C@@H](Cc3ccccc3)C3CCN(S(=O)(=O)c4cccc(Cl)c4)CC3)[C@@H](C)C2)CC1. The minimum atomic E-state index is -3.59. The summed E-state index contributed by atoms with van der Waals surface area (Å²) in [6.45, 7) is 13.9. The van der Waals surface area contributed by atoms with Gasteiger partial charge in [-0.2, -0.15) is 4.31 Å². The lowest BCUT2D eigenvalue weighted by Crippen LogP contribution is -2.64. The van der Waals surface area contributed by atoms with E-state index >= 15 is 0 Å². The molecule has 3 saturated heterocycles. The van der Waals surface area contributed by atoms with Crippen LogP contribution in [0, 0.1) is 19.8 Å². The Morgan fingerprint density at radius 1 is 0.938 bits per heavy atom. The zero-order valence-electron chi connectivity index (χ0n) is 28.7. The van der Waals surface area contributed by atoms with Crippen LogP contribution in [0.15, 0.2) is 65.8 Å². The molecule has 2 aromatic carbocycles. The first-order valence-corrected chi connectivity index (χ1v) is 19.2. The summed E-state index contributed by atoms with van der Waals surface area (Å²) < 4.78 is 28.6. The van der Waals surface area contributed by atoms with Crippen molar-refractivity contribution in [2.45, 2.75) is 82.3 Å². The van der Waals surface area contributed by atoms with E-state index in [1.165, 1.54) is 11.9 Å². The number of rotatable bonds is 8. The predicted molar refractivity (Wildman–Crippen MR) is 190 cm³/mol. The Balaban J connectivity index is 1.11. The van der Waals surface area contributed by atoms with Crippen LogP contribution in [0.1, 0.15) is 66.8 Å². The molecule has 0 aliphatic carbocycles. The zero-order valence-corrected chi connectivity index (χ0v) is 30.3. The van der Waals surface area contributed by atoms with Gasteiger partial charge >= 0.3 is 0 Å². The molecule has 2 atom stereocenters. The van der Waals surface area contributed by atoms with Gasteiger partial charge in [0.05, 0.1) is 21.8 Å². The molecule has 3 aliphatic heterocycles. The van der Waals surface area contributed by atoms with E-state index in [1.807, 2.05) is 18.7 Å². The highest BCUT2D eigenvalue weighted by atomic mass is 35.5. The topological polar surface area (TPSA) is 90.0 Å². The van der Waals surface area contributed by atoms with Crippen LogP contribution < -0.4 is 0 Å². The van der Waals surface area contributed by atoms with Gasteiger partial charge in [0.2, 0.25) is 10.0 Å². The average Bonchev–Trinajstić information content (AvgIpc) is 3.08. The van der Waals surface area contributed by atoms with E-state index in [-0.39, 0.29) is 16.3 Å². The van der Waals surface area contributed by atoms with Gasteiger partial charge in [-0.25, -0.2) is 18.4 Å². The molecule has 0 saturated carbocycles. The number of sulfonamides is 1. The first-order valence-electron chi connectivity index (χ1n) is 17.3. The van der Waals surface area contributed by atoms with E-state index in [2.05, 4.69) is 63.9 Å².